The first kappa shape index (κ1) is 17.7. The highest BCUT2D eigenvalue weighted by Crippen LogP contribution is 2.29. The molecule has 1 amide bonds. The van der Waals surface area contributed by atoms with Crippen molar-refractivity contribution in [3.8, 4) is 11.3 Å². The maximum Gasteiger partial charge on any atom is 0.288 e. The number of anilines is 1. The molecule has 1 atom stereocenters. The van der Waals surface area contributed by atoms with Crippen LogP contribution in [0.3, 0.4) is 0 Å². The Labute approximate surface area is 150 Å². The first-order valence-corrected chi connectivity index (χ1v) is 8.47. The van der Waals surface area contributed by atoms with Gasteiger partial charge in [-0.3, -0.25) is 19.8 Å². The van der Waals surface area contributed by atoms with Crippen molar-refractivity contribution in [2.45, 2.75) is 25.4 Å². The minimum absolute atomic E-state index is 0.146. The van der Waals surface area contributed by atoms with Gasteiger partial charge in [0.1, 0.15) is 5.69 Å². The van der Waals surface area contributed by atoms with Gasteiger partial charge in [0.05, 0.1) is 17.7 Å². The Balaban J connectivity index is 1.83. The Hall–Kier alpha value is -3.12. The Morgan fingerprint density at radius 2 is 1.65 bits per heavy atom. The second-order valence-corrected chi connectivity index (χ2v) is 6.17. The van der Waals surface area contributed by atoms with E-state index in [4.69, 9.17) is 0 Å². The molecular weight excluding hydrogens is 330 g/mol. The Kier molecular flexibility index (Phi) is 5.04. The first-order chi connectivity index (χ1) is 12.5. The summed E-state index contributed by atoms with van der Waals surface area (Å²) in [5.41, 5.74) is 0.383. The molecule has 1 heterocycles. The van der Waals surface area contributed by atoms with Gasteiger partial charge in [-0.25, -0.2) is 0 Å². The summed E-state index contributed by atoms with van der Waals surface area (Å²) in [6, 6.07) is 18.3. The van der Waals surface area contributed by atoms with Crippen molar-refractivity contribution in [1.82, 2.24) is 10.2 Å². The molecule has 0 spiro atoms. The molecule has 26 heavy (non-hydrogen) atoms. The standard InChI is InChI=1S/C20H21N3O3/c1-2-20(26,15-11-7-4-8-12-15)13-16(24)21-18-17(22-23-19(18)25)14-9-5-3-6-10-14/h3-12,26H,2,13H2,1H3,(H,21,24)(H2,22,23,25). The van der Waals surface area contributed by atoms with Crippen molar-refractivity contribution >= 4 is 11.6 Å². The van der Waals surface area contributed by atoms with Gasteiger partial charge in [0, 0.05) is 5.56 Å². The Morgan fingerprint density at radius 1 is 1.04 bits per heavy atom. The van der Waals surface area contributed by atoms with E-state index in [1.54, 1.807) is 12.1 Å². The van der Waals surface area contributed by atoms with Crippen LogP contribution in [-0.2, 0) is 10.4 Å². The zero-order chi connectivity index (χ0) is 18.6. The monoisotopic (exact) mass is 351 g/mol. The Bertz CT molecular complexity index is 932. The van der Waals surface area contributed by atoms with Gasteiger partial charge in [-0.15, -0.1) is 0 Å². The maximum atomic E-state index is 12.6. The van der Waals surface area contributed by atoms with E-state index in [0.717, 1.165) is 5.56 Å². The van der Waals surface area contributed by atoms with E-state index in [1.807, 2.05) is 55.5 Å². The quantitative estimate of drug-likeness (QED) is 0.549. The molecule has 3 aromatic rings. The Morgan fingerprint density at radius 3 is 2.27 bits per heavy atom. The van der Waals surface area contributed by atoms with Crippen LogP contribution in [0.4, 0.5) is 5.69 Å². The SMILES string of the molecule is CCC(O)(CC(=O)Nc1c(-c2ccccc2)[nH][nH]c1=O)c1ccccc1. The molecule has 0 aliphatic rings. The third kappa shape index (κ3) is 3.60. The van der Waals surface area contributed by atoms with Crippen LogP contribution in [0, 0.1) is 0 Å². The molecule has 134 valence electrons. The second kappa shape index (κ2) is 7.41. The summed E-state index contributed by atoms with van der Waals surface area (Å²) in [5, 5.41) is 18.8. The van der Waals surface area contributed by atoms with Crippen molar-refractivity contribution in [3.05, 3.63) is 76.6 Å². The lowest BCUT2D eigenvalue weighted by molar-refractivity contribution is -0.121. The van der Waals surface area contributed by atoms with Crippen LogP contribution in [0.1, 0.15) is 25.3 Å². The van der Waals surface area contributed by atoms with E-state index < -0.39 is 17.1 Å². The number of aliphatic hydroxyl groups is 1. The summed E-state index contributed by atoms with van der Waals surface area (Å²) in [6.45, 7) is 1.82. The molecule has 1 aromatic heterocycles. The minimum Gasteiger partial charge on any atom is -0.385 e. The number of nitrogens with one attached hydrogen (secondary N) is 3. The van der Waals surface area contributed by atoms with Gasteiger partial charge in [0.2, 0.25) is 5.91 Å². The zero-order valence-corrected chi connectivity index (χ0v) is 14.5. The highest BCUT2D eigenvalue weighted by atomic mass is 16.3. The summed E-state index contributed by atoms with van der Waals surface area (Å²) in [7, 11) is 0. The lowest BCUT2D eigenvalue weighted by Crippen LogP contribution is -2.31. The van der Waals surface area contributed by atoms with Crippen molar-refractivity contribution < 1.29 is 9.90 Å². The number of aromatic nitrogens is 2. The number of aromatic amines is 2. The largest absolute Gasteiger partial charge is 0.385 e. The zero-order valence-electron chi connectivity index (χ0n) is 14.5. The smallest absolute Gasteiger partial charge is 0.288 e. The van der Waals surface area contributed by atoms with Gasteiger partial charge >= 0.3 is 0 Å². The van der Waals surface area contributed by atoms with E-state index in [2.05, 4.69) is 15.5 Å². The van der Waals surface area contributed by atoms with Gasteiger partial charge in [0.25, 0.3) is 5.56 Å². The number of H-pyrrole nitrogens is 2. The number of hydrogen-bond acceptors (Lipinski definition) is 3. The van der Waals surface area contributed by atoms with Crippen LogP contribution in [0.15, 0.2) is 65.5 Å². The summed E-state index contributed by atoms with van der Waals surface area (Å²) in [4.78, 5) is 24.6. The van der Waals surface area contributed by atoms with Crippen LogP contribution in [0.5, 0.6) is 0 Å². The minimum atomic E-state index is -1.29. The molecule has 4 N–H and O–H groups in total. The van der Waals surface area contributed by atoms with E-state index in [0.29, 0.717) is 17.7 Å². The third-order valence-corrected chi connectivity index (χ3v) is 4.45. The fraction of sp³-hybridized carbons (Fsp3) is 0.200. The average Bonchev–Trinajstić information content (AvgIpc) is 3.03. The number of amides is 1. The highest BCUT2D eigenvalue weighted by molar-refractivity contribution is 5.95. The van der Waals surface area contributed by atoms with Crippen molar-refractivity contribution in [1.29, 1.82) is 0 Å². The molecular formula is C20H21N3O3. The molecule has 0 saturated heterocycles. The van der Waals surface area contributed by atoms with Crippen LogP contribution in [0.2, 0.25) is 0 Å². The molecule has 0 bridgehead atoms. The average molecular weight is 351 g/mol. The van der Waals surface area contributed by atoms with E-state index in [9.17, 15) is 14.7 Å². The fourth-order valence-corrected chi connectivity index (χ4v) is 2.93. The number of hydrogen-bond donors (Lipinski definition) is 4. The van der Waals surface area contributed by atoms with Crippen LogP contribution in [0.25, 0.3) is 11.3 Å². The second-order valence-electron chi connectivity index (χ2n) is 6.17. The van der Waals surface area contributed by atoms with Crippen LogP contribution < -0.4 is 10.9 Å². The van der Waals surface area contributed by atoms with E-state index in [-0.39, 0.29) is 12.1 Å². The molecule has 0 saturated carbocycles. The van der Waals surface area contributed by atoms with Crippen LogP contribution in [-0.4, -0.2) is 21.2 Å². The summed E-state index contributed by atoms with van der Waals surface area (Å²) >= 11 is 0. The van der Waals surface area contributed by atoms with Crippen LogP contribution >= 0.6 is 0 Å². The fourth-order valence-electron chi connectivity index (χ4n) is 2.93. The summed E-state index contributed by atoms with van der Waals surface area (Å²) in [5.74, 6) is -0.430. The van der Waals surface area contributed by atoms with Gasteiger partial charge in [-0.05, 0) is 12.0 Å². The van der Waals surface area contributed by atoms with E-state index in [1.165, 1.54) is 0 Å². The topological polar surface area (TPSA) is 98.0 Å². The molecule has 0 aliphatic carbocycles. The maximum absolute atomic E-state index is 12.6. The molecule has 0 fully saturated rings. The normalized spacial score (nSPS) is 13.2. The van der Waals surface area contributed by atoms with Crippen molar-refractivity contribution in [2.75, 3.05) is 5.32 Å². The van der Waals surface area contributed by atoms with Crippen molar-refractivity contribution in [2.24, 2.45) is 0 Å². The predicted molar refractivity (Wildman–Crippen MR) is 101 cm³/mol. The van der Waals surface area contributed by atoms with E-state index >= 15 is 0 Å². The molecule has 2 aromatic carbocycles. The van der Waals surface area contributed by atoms with Gasteiger partial charge in [-0.1, -0.05) is 67.6 Å². The summed E-state index contributed by atoms with van der Waals surface area (Å²) < 4.78 is 0. The molecule has 3 rings (SSSR count). The highest BCUT2D eigenvalue weighted by Gasteiger charge is 2.30. The predicted octanol–water partition coefficient (Wildman–Crippen LogP) is 3.00. The first-order valence-electron chi connectivity index (χ1n) is 8.47. The molecule has 0 radical (unpaired) electrons. The van der Waals surface area contributed by atoms with Crippen molar-refractivity contribution in [3.63, 3.8) is 0 Å². The summed E-state index contributed by atoms with van der Waals surface area (Å²) in [6.07, 6.45) is 0.228. The third-order valence-electron chi connectivity index (χ3n) is 4.45. The molecule has 6 heteroatoms. The van der Waals surface area contributed by atoms with Gasteiger partial charge in [0.15, 0.2) is 0 Å². The molecule has 6 nitrogen and oxygen atoms in total. The number of carbonyl (C=O) groups is 1. The number of carbonyl (C=O) groups excluding carboxylic acids is 1. The number of benzene rings is 2. The lowest BCUT2D eigenvalue weighted by atomic mass is 9.87. The molecule has 1 unspecified atom stereocenters. The molecule has 0 aliphatic heterocycles. The lowest BCUT2D eigenvalue weighted by Gasteiger charge is -2.26. The van der Waals surface area contributed by atoms with Gasteiger partial charge < -0.3 is 10.4 Å². The van der Waals surface area contributed by atoms with Gasteiger partial charge in [-0.2, -0.15) is 0 Å². The number of rotatable bonds is 6.